The van der Waals surface area contributed by atoms with Gasteiger partial charge >= 0.3 is 0 Å². The van der Waals surface area contributed by atoms with Crippen molar-refractivity contribution in [2.45, 2.75) is 37.2 Å². The highest BCUT2D eigenvalue weighted by Gasteiger charge is 2.18. The minimum Gasteiger partial charge on any atom is -0.508 e. The van der Waals surface area contributed by atoms with E-state index in [-0.39, 0.29) is 11.7 Å². The topological polar surface area (TPSA) is 53.7 Å². The number of para-hydroxylation sites is 1. The Balaban J connectivity index is 1.45. The van der Waals surface area contributed by atoms with Crippen LogP contribution < -0.4 is 0 Å². The Bertz CT molecular complexity index is 952. The van der Waals surface area contributed by atoms with Crippen LogP contribution in [0.3, 0.4) is 0 Å². The van der Waals surface area contributed by atoms with Gasteiger partial charge in [-0.1, -0.05) is 24.3 Å². The van der Waals surface area contributed by atoms with Gasteiger partial charge in [0.2, 0.25) is 5.91 Å². The molecule has 2 aromatic carbocycles. The number of rotatable bonds is 7. The second-order valence-electron chi connectivity index (χ2n) is 7.03. The summed E-state index contributed by atoms with van der Waals surface area (Å²) in [5.41, 5.74) is 3.58. The van der Waals surface area contributed by atoms with Gasteiger partial charge in [-0.2, -0.15) is 0 Å². The average Bonchev–Trinajstić information content (AvgIpc) is 3.38. The number of phenolic OH excluding ortho intramolecular Hbond substituents is 1. The summed E-state index contributed by atoms with van der Waals surface area (Å²) in [5, 5.41) is 10.1. The summed E-state index contributed by atoms with van der Waals surface area (Å²) in [6, 6.07) is 17.3. The third-order valence-electron chi connectivity index (χ3n) is 5.06. The zero-order valence-corrected chi connectivity index (χ0v) is 16.5. The molecule has 4 nitrogen and oxygen atoms in total. The number of furan rings is 1. The molecule has 0 spiro atoms. The first-order valence-electron chi connectivity index (χ1n) is 9.50. The SMILES string of the molecule is O=C(CSc1ccc2c(c1)CCC2)N(Cc1ccco1)Cc1ccccc1O. The van der Waals surface area contributed by atoms with Gasteiger partial charge in [0, 0.05) is 17.0 Å². The van der Waals surface area contributed by atoms with Gasteiger partial charge in [-0.15, -0.1) is 11.8 Å². The molecule has 0 radical (unpaired) electrons. The number of amides is 1. The van der Waals surface area contributed by atoms with Crippen molar-refractivity contribution in [3.05, 3.63) is 83.3 Å². The van der Waals surface area contributed by atoms with Crippen LogP contribution in [0.5, 0.6) is 5.75 Å². The smallest absolute Gasteiger partial charge is 0.233 e. The maximum absolute atomic E-state index is 13.0. The number of carbonyl (C=O) groups is 1. The number of thioether (sulfide) groups is 1. The van der Waals surface area contributed by atoms with Crippen molar-refractivity contribution in [3.63, 3.8) is 0 Å². The highest BCUT2D eigenvalue weighted by atomic mass is 32.2. The van der Waals surface area contributed by atoms with Crippen LogP contribution in [0, 0.1) is 0 Å². The van der Waals surface area contributed by atoms with E-state index < -0.39 is 0 Å². The van der Waals surface area contributed by atoms with Gasteiger partial charge in [0.1, 0.15) is 11.5 Å². The fourth-order valence-electron chi connectivity index (χ4n) is 3.55. The predicted molar refractivity (Wildman–Crippen MR) is 110 cm³/mol. The van der Waals surface area contributed by atoms with E-state index in [1.165, 1.54) is 17.5 Å². The predicted octanol–water partition coefficient (Wildman–Crippen LogP) is 4.80. The van der Waals surface area contributed by atoms with E-state index in [4.69, 9.17) is 4.42 Å². The van der Waals surface area contributed by atoms with Crippen molar-refractivity contribution in [1.82, 2.24) is 4.90 Å². The van der Waals surface area contributed by atoms with Gasteiger partial charge in [-0.05, 0) is 60.7 Å². The molecule has 1 heterocycles. The Hall–Kier alpha value is -2.66. The van der Waals surface area contributed by atoms with Crippen molar-refractivity contribution in [2.24, 2.45) is 0 Å². The molecule has 28 heavy (non-hydrogen) atoms. The minimum absolute atomic E-state index is 0.0187. The lowest BCUT2D eigenvalue weighted by molar-refractivity contribution is -0.129. The molecule has 1 amide bonds. The van der Waals surface area contributed by atoms with Crippen LogP contribution in [0.25, 0.3) is 0 Å². The van der Waals surface area contributed by atoms with Crippen LogP contribution in [0.15, 0.2) is 70.2 Å². The highest BCUT2D eigenvalue weighted by Crippen LogP contribution is 2.28. The number of aryl methyl sites for hydroxylation is 2. The molecule has 0 aliphatic heterocycles. The van der Waals surface area contributed by atoms with Gasteiger partial charge in [-0.3, -0.25) is 4.79 Å². The average molecular weight is 394 g/mol. The van der Waals surface area contributed by atoms with E-state index in [1.807, 2.05) is 24.3 Å². The van der Waals surface area contributed by atoms with Crippen molar-refractivity contribution >= 4 is 17.7 Å². The van der Waals surface area contributed by atoms with E-state index in [9.17, 15) is 9.90 Å². The Morgan fingerprint density at radius 3 is 2.71 bits per heavy atom. The van der Waals surface area contributed by atoms with Gasteiger partial charge in [0.25, 0.3) is 0 Å². The van der Waals surface area contributed by atoms with Crippen molar-refractivity contribution in [1.29, 1.82) is 0 Å². The maximum Gasteiger partial charge on any atom is 0.233 e. The fraction of sp³-hybridized carbons (Fsp3) is 0.261. The number of hydrogen-bond acceptors (Lipinski definition) is 4. The second kappa shape index (κ2) is 8.57. The van der Waals surface area contributed by atoms with Crippen LogP contribution >= 0.6 is 11.8 Å². The summed E-state index contributed by atoms with van der Waals surface area (Å²) in [5.74, 6) is 1.30. The normalized spacial score (nSPS) is 12.7. The van der Waals surface area contributed by atoms with Crippen LogP contribution in [-0.4, -0.2) is 21.7 Å². The molecule has 5 heteroatoms. The van der Waals surface area contributed by atoms with E-state index in [0.717, 1.165) is 29.1 Å². The lowest BCUT2D eigenvalue weighted by Gasteiger charge is -2.22. The Kier molecular flexibility index (Phi) is 5.72. The molecule has 0 unspecified atom stereocenters. The summed E-state index contributed by atoms with van der Waals surface area (Å²) >= 11 is 1.57. The third kappa shape index (κ3) is 4.42. The molecular formula is C23H23NO3S. The molecule has 3 aromatic rings. The van der Waals surface area contributed by atoms with E-state index in [0.29, 0.717) is 18.8 Å². The molecule has 0 saturated heterocycles. The Morgan fingerprint density at radius 2 is 1.89 bits per heavy atom. The van der Waals surface area contributed by atoms with Crippen LogP contribution in [0.2, 0.25) is 0 Å². The van der Waals surface area contributed by atoms with Crippen LogP contribution in [-0.2, 0) is 30.7 Å². The zero-order valence-electron chi connectivity index (χ0n) is 15.6. The first kappa shape index (κ1) is 18.7. The first-order valence-corrected chi connectivity index (χ1v) is 10.5. The molecule has 1 aliphatic carbocycles. The van der Waals surface area contributed by atoms with E-state index >= 15 is 0 Å². The molecule has 144 valence electrons. The molecular weight excluding hydrogens is 370 g/mol. The summed E-state index contributed by atoms with van der Waals surface area (Å²) in [7, 11) is 0. The number of fused-ring (bicyclic) bond motifs is 1. The Labute approximate surface area is 169 Å². The number of carbonyl (C=O) groups excluding carboxylic acids is 1. The summed E-state index contributed by atoms with van der Waals surface area (Å²) in [6.07, 6.45) is 5.13. The summed E-state index contributed by atoms with van der Waals surface area (Å²) in [4.78, 5) is 15.8. The Morgan fingerprint density at radius 1 is 1.04 bits per heavy atom. The van der Waals surface area contributed by atoms with Gasteiger partial charge < -0.3 is 14.4 Å². The maximum atomic E-state index is 13.0. The number of hydrogen-bond donors (Lipinski definition) is 1. The second-order valence-corrected chi connectivity index (χ2v) is 8.08. The van der Waals surface area contributed by atoms with Crippen molar-refractivity contribution < 1.29 is 14.3 Å². The third-order valence-corrected chi connectivity index (χ3v) is 6.04. The zero-order chi connectivity index (χ0) is 19.3. The highest BCUT2D eigenvalue weighted by molar-refractivity contribution is 8.00. The summed E-state index contributed by atoms with van der Waals surface area (Å²) in [6.45, 7) is 0.724. The van der Waals surface area contributed by atoms with Gasteiger partial charge in [0.05, 0.1) is 18.6 Å². The number of benzene rings is 2. The van der Waals surface area contributed by atoms with Gasteiger partial charge in [0.15, 0.2) is 0 Å². The molecule has 1 aromatic heterocycles. The lowest BCUT2D eigenvalue weighted by Crippen LogP contribution is -2.31. The molecule has 0 saturated carbocycles. The monoisotopic (exact) mass is 393 g/mol. The number of phenols is 1. The van der Waals surface area contributed by atoms with Crippen molar-refractivity contribution in [2.75, 3.05) is 5.75 Å². The van der Waals surface area contributed by atoms with Crippen LogP contribution in [0.1, 0.15) is 28.9 Å². The van der Waals surface area contributed by atoms with Crippen LogP contribution in [0.4, 0.5) is 0 Å². The fourth-order valence-corrected chi connectivity index (χ4v) is 4.41. The van der Waals surface area contributed by atoms with E-state index in [1.54, 1.807) is 35.1 Å². The molecule has 0 atom stereocenters. The molecule has 1 aliphatic rings. The van der Waals surface area contributed by atoms with Gasteiger partial charge in [-0.25, -0.2) is 0 Å². The van der Waals surface area contributed by atoms with Crippen molar-refractivity contribution in [3.8, 4) is 5.75 Å². The number of aromatic hydroxyl groups is 1. The molecule has 1 N–H and O–H groups in total. The molecule has 4 rings (SSSR count). The first-order chi connectivity index (χ1) is 13.7. The minimum atomic E-state index is 0.0187. The summed E-state index contributed by atoms with van der Waals surface area (Å²) < 4.78 is 5.43. The lowest BCUT2D eigenvalue weighted by atomic mass is 10.1. The quantitative estimate of drug-likeness (QED) is 0.586. The van der Waals surface area contributed by atoms with E-state index in [2.05, 4.69) is 18.2 Å². The molecule has 0 bridgehead atoms. The standard InChI is InChI=1S/C23H23NO3S/c25-22-9-2-1-5-19(22)14-24(15-20-8-4-12-27-20)23(26)16-28-21-11-10-17-6-3-7-18(17)13-21/h1-2,4-5,8-13,25H,3,6-7,14-16H2. The molecule has 0 fully saturated rings. The number of nitrogens with zero attached hydrogens (tertiary/aromatic N) is 1. The largest absolute Gasteiger partial charge is 0.508 e.